The van der Waals surface area contributed by atoms with Crippen LogP contribution in [0.5, 0.6) is 5.75 Å². The molecule has 0 radical (unpaired) electrons. The maximum atomic E-state index is 11.3. The van der Waals surface area contributed by atoms with Crippen molar-refractivity contribution >= 4 is 34.8 Å². The van der Waals surface area contributed by atoms with E-state index < -0.39 is 0 Å². The summed E-state index contributed by atoms with van der Waals surface area (Å²) in [7, 11) is 0. The number of anilines is 1. The van der Waals surface area contributed by atoms with Crippen LogP contribution in [-0.4, -0.2) is 29.9 Å². The second kappa shape index (κ2) is 7.70. The molecule has 142 valence electrons. The molecule has 2 atom stereocenters. The van der Waals surface area contributed by atoms with Crippen LogP contribution in [0.2, 0.25) is 10.0 Å². The van der Waals surface area contributed by atoms with E-state index in [4.69, 9.17) is 27.9 Å². The van der Waals surface area contributed by atoms with Crippen LogP contribution >= 0.6 is 23.2 Å². The van der Waals surface area contributed by atoms with Crippen LogP contribution in [0.15, 0.2) is 36.4 Å². The summed E-state index contributed by atoms with van der Waals surface area (Å²) in [6.45, 7) is 3.65. The van der Waals surface area contributed by atoms with Gasteiger partial charge in [0.25, 0.3) is 0 Å². The number of likely N-dealkylation sites (tertiary alicyclic amines) is 1. The summed E-state index contributed by atoms with van der Waals surface area (Å²) in [5, 5.41) is 4.14. The molecular weight excluding hydrogens is 383 g/mol. The van der Waals surface area contributed by atoms with Crippen LogP contribution in [0.4, 0.5) is 5.69 Å². The zero-order valence-electron chi connectivity index (χ0n) is 15.2. The molecule has 1 heterocycles. The summed E-state index contributed by atoms with van der Waals surface area (Å²) < 4.78 is 6.45. The molecule has 4 rings (SSSR count). The van der Waals surface area contributed by atoms with E-state index in [0.717, 1.165) is 42.1 Å². The maximum Gasteiger partial charge on any atom is 0.221 e. The molecular formula is C21H22Cl2N2O2. The molecule has 1 amide bonds. The Kier molecular flexibility index (Phi) is 5.31. The van der Waals surface area contributed by atoms with Gasteiger partial charge in [-0.05, 0) is 62.2 Å². The van der Waals surface area contributed by atoms with Gasteiger partial charge in [0, 0.05) is 34.3 Å². The molecule has 1 N–H and O–H groups in total. The van der Waals surface area contributed by atoms with E-state index >= 15 is 0 Å². The first-order valence-corrected chi connectivity index (χ1v) is 10.0. The number of halogens is 2. The standard InChI is InChI=1S/C21H22Cl2N2O2/c1-13(26)24-15-5-4-6-16(11-15)27-21-18-9-14(22)10-19(23)17(18)12-20(21)25-7-2-3-8-25/h4-6,9-11,20-21H,2-3,7-8,12H2,1H3,(H,24,26)/t20-,21-/m0/s1. The van der Waals surface area contributed by atoms with Crippen molar-refractivity contribution in [1.82, 2.24) is 4.90 Å². The van der Waals surface area contributed by atoms with Gasteiger partial charge in [-0.2, -0.15) is 0 Å². The molecule has 0 bridgehead atoms. The van der Waals surface area contributed by atoms with Gasteiger partial charge in [0.2, 0.25) is 5.91 Å². The van der Waals surface area contributed by atoms with Crippen molar-refractivity contribution in [3.05, 3.63) is 57.6 Å². The van der Waals surface area contributed by atoms with Gasteiger partial charge in [0.15, 0.2) is 0 Å². The zero-order chi connectivity index (χ0) is 19.0. The smallest absolute Gasteiger partial charge is 0.221 e. The lowest BCUT2D eigenvalue weighted by molar-refractivity contribution is -0.114. The topological polar surface area (TPSA) is 41.6 Å². The quantitative estimate of drug-likeness (QED) is 0.770. The van der Waals surface area contributed by atoms with Crippen LogP contribution in [0.1, 0.15) is 37.0 Å². The Hall–Kier alpha value is -1.75. The first-order chi connectivity index (χ1) is 13.0. The number of nitrogens with one attached hydrogen (secondary N) is 1. The Bertz CT molecular complexity index is 865. The third-order valence-electron chi connectivity index (χ3n) is 5.29. The minimum atomic E-state index is -0.137. The van der Waals surface area contributed by atoms with Gasteiger partial charge in [0.1, 0.15) is 11.9 Å². The van der Waals surface area contributed by atoms with E-state index in [1.165, 1.54) is 19.8 Å². The van der Waals surface area contributed by atoms with Gasteiger partial charge >= 0.3 is 0 Å². The van der Waals surface area contributed by atoms with Crippen LogP contribution in [0, 0.1) is 0 Å². The lowest BCUT2D eigenvalue weighted by Crippen LogP contribution is -2.38. The van der Waals surface area contributed by atoms with Gasteiger partial charge in [-0.15, -0.1) is 0 Å². The predicted molar refractivity (Wildman–Crippen MR) is 109 cm³/mol. The largest absolute Gasteiger partial charge is 0.484 e. The lowest BCUT2D eigenvalue weighted by atomic mass is 10.1. The molecule has 2 aliphatic rings. The Morgan fingerprint density at radius 1 is 1.19 bits per heavy atom. The zero-order valence-corrected chi connectivity index (χ0v) is 16.7. The second-order valence-electron chi connectivity index (χ2n) is 7.22. The van der Waals surface area contributed by atoms with Crippen molar-refractivity contribution in [1.29, 1.82) is 0 Å². The van der Waals surface area contributed by atoms with Crippen LogP contribution in [-0.2, 0) is 11.2 Å². The highest BCUT2D eigenvalue weighted by Gasteiger charge is 2.40. The van der Waals surface area contributed by atoms with Crippen molar-refractivity contribution in [2.24, 2.45) is 0 Å². The van der Waals surface area contributed by atoms with Crippen LogP contribution in [0.3, 0.4) is 0 Å². The van der Waals surface area contributed by atoms with Crippen molar-refractivity contribution in [2.45, 2.75) is 38.3 Å². The summed E-state index contributed by atoms with van der Waals surface area (Å²) in [4.78, 5) is 13.8. The van der Waals surface area contributed by atoms with Crippen LogP contribution in [0.25, 0.3) is 0 Å². The second-order valence-corrected chi connectivity index (χ2v) is 8.06. The molecule has 2 aromatic rings. The summed E-state index contributed by atoms with van der Waals surface area (Å²) >= 11 is 12.8. The van der Waals surface area contributed by atoms with E-state index in [9.17, 15) is 4.79 Å². The monoisotopic (exact) mass is 404 g/mol. The highest BCUT2D eigenvalue weighted by atomic mass is 35.5. The molecule has 1 saturated heterocycles. The summed E-state index contributed by atoms with van der Waals surface area (Å²) in [5.74, 6) is 0.617. The number of hydrogen-bond donors (Lipinski definition) is 1. The fraction of sp³-hybridized carbons (Fsp3) is 0.381. The maximum absolute atomic E-state index is 11.3. The normalized spacial score (nSPS) is 21.9. The minimum absolute atomic E-state index is 0.105. The summed E-state index contributed by atoms with van der Waals surface area (Å²) in [5.41, 5.74) is 2.91. The first kappa shape index (κ1) is 18.6. The van der Waals surface area contributed by atoms with Crippen molar-refractivity contribution in [3.8, 4) is 5.75 Å². The lowest BCUT2D eigenvalue weighted by Gasteiger charge is -2.30. The molecule has 6 heteroatoms. The predicted octanol–water partition coefficient (Wildman–Crippen LogP) is 5.09. The number of carbonyl (C=O) groups excluding carboxylic acids is 1. The first-order valence-electron chi connectivity index (χ1n) is 9.27. The molecule has 1 fully saturated rings. The van der Waals surface area contributed by atoms with E-state index in [1.54, 1.807) is 0 Å². The number of nitrogens with zero attached hydrogens (tertiary/aromatic N) is 1. The Labute approximate surface area is 169 Å². The Morgan fingerprint density at radius 2 is 1.96 bits per heavy atom. The number of hydrogen-bond acceptors (Lipinski definition) is 3. The molecule has 0 unspecified atom stereocenters. The molecule has 0 saturated carbocycles. The molecule has 2 aromatic carbocycles. The highest BCUT2D eigenvalue weighted by molar-refractivity contribution is 6.35. The average Bonchev–Trinajstić information content (AvgIpc) is 3.23. The molecule has 27 heavy (non-hydrogen) atoms. The fourth-order valence-electron chi connectivity index (χ4n) is 4.15. The molecule has 1 aliphatic heterocycles. The summed E-state index contributed by atoms with van der Waals surface area (Å²) in [6.07, 6.45) is 3.15. The van der Waals surface area contributed by atoms with Crippen molar-refractivity contribution < 1.29 is 9.53 Å². The number of ether oxygens (including phenoxy) is 1. The molecule has 1 aliphatic carbocycles. The number of carbonyl (C=O) groups is 1. The van der Waals surface area contributed by atoms with Gasteiger partial charge in [-0.3, -0.25) is 9.69 Å². The van der Waals surface area contributed by atoms with E-state index in [0.29, 0.717) is 10.0 Å². The van der Waals surface area contributed by atoms with E-state index in [2.05, 4.69) is 10.2 Å². The van der Waals surface area contributed by atoms with E-state index in [-0.39, 0.29) is 18.1 Å². The van der Waals surface area contributed by atoms with E-state index in [1.807, 2.05) is 36.4 Å². The molecule has 0 spiro atoms. The van der Waals surface area contributed by atoms with Gasteiger partial charge < -0.3 is 10.1 Å². The SMILES string of the molecule is CC(=O)Nc1cccc(O[C@H]2c3cc(Cl)cc(Cl)c3C[C@@H]2N2CCCC2)c1. The van der Waals surface area contributed by atoms with Gasteiger partial charge in [-0.25, -0.2) is 0 Å². The Balaban J connectivity index is 1.67. The van der Waals surface area contributed by atoms with Gasteiger partial charge in [-0.1, -0.05) is 29.3 Å². The minimum Gasteiger partial charge on any atom is -0.484 e. The molecule has 0 aromatic heterocycles. The number of benzene rings is 2. The number of rotatable bonds is 4. The van der Waals surface area contributed by atoms with Gasteiger partial charge in [0.05, 0.1) is 6.04 Å². The average molecular weight is 405 g/mol. The van der Waals surface area contributed by atoms with Crippen molar-refractivity contribution in [3.63, 3.8) is 0 Å². The third kappa shape index (κ3) is 3.93. The molecule has 4 nitrogen and oxygen atoms in total. The Morgan fingerprint density at radius 3 is 2.70 bits per heavy atom. The number of amides is 1. The van der Waals surface area contributed by atoms with Crippen molar-refractivity contribution in [2.75, 3.05) is 18.4 Å². The number of fused-ring (bicyclic) bond motifs is 1. The highest BCUT2D eigenvalue weighted by Crippen LogP contribution is 2.43. The fourth-order valence-corrected chi connectivity index (χ4v) is 4.74. The third-order valence-corrected chi connectivity index (χ3v) is 5.85. The summed E-state index contributed by atoms with van der Waals surface area (Å²) in [6, 6.07) is 11.5. The van der Waals surface area contributed by atoms with Crippen LogP contribution < -0.4 is 10.1 Å².